The van der Waals surface area contributed by atoms with Crippen LogP contribution < -0.4 is 0 Å². The van der Waals surface area contributed by atoms with Gasteiger partial charge >= 0.3 is 6.18 Å². The van der Waals surface area contributed by atoms with Gasteiger partial charge in [0.15, 0.2) is 0 Å². The van der Waals surface area contributed by atoms with Crippen LogP contribution in [0, 0.1) is 0 Å². The first-order valence-electron chi connectivity index (χ1n) is 5.40. The van der Waals surface area contributed by atoms with Crippen molar-refractivity contribution >= 4 is 5.57 Å². The number of ether oxygens (including phenoxy) is 1. The highest BCUT2D eigenvalue weighted by molar-refractivity contribution is 5.72. The lowest BCUT2D eigenvalue weighted by molar-refractivity contribution is -0.137. The zero-order chi connectivity index (χ0) is 12.7. The molecule has 1 aliphatic heterocycles. The molecule has 1 saturated heterocycles. The van der Waals surface area contributed by atoms with Crippen LogP contribution in [-0.2, 0) is 10.9 Å². The quantitative estimate of drug-likeness (QED) is 0.732. The Morgan fingerprint density at radius 1 is 1.47 bits per heavy atom. The van der Waals surface area contributed by atoms with E-state index in [-0.39, 0.29) is 0 Å². The fraction of sp³-hybridized carbons (Fsp3) is 0.385. The third kappa shape index (κ3) is 2.22. The fourth-order valence-electron chi connectivity index (χ4n) is 1.83. The Hall–Kier alpha value is -1.29. The van der Waals surface area contributed by atoms with Crippen LogP contribution in [0.1, 0.15) is 24.5 Å². The van der Waals surface area contributed by atoms with E-state index < -0.39 is 17.3 Å². The van der Waals surface area contributed by atoms with E-state index in [1.54, 1.807) is 6.07 Å². The molecule has 0 aromatic heterocycles. The van der Waals surface area contributed by atoms with Gasteiger partial charge in [0.05, 0.1) is 12.2 Å². The normalized spacial score (nSPS) is 23.5. The van der Waals surface area contributed by atoms with Crippen LogP contribution in [0.15, 0.2) is 30.8 Å². The Bertz CT molecular complexity index is 444. The van der Waals surface area contributed by atoms with Gasteiger partial charge in [0.1, 0.15) is 5.60 Å². The van der Waals surface area contributed by atoms with Crippen molar-refractivity contribution in [3.05, 3.63) is 42.0 Å². The van der Waals surface area contributed by atoms with Crippen molar-refractivity contribution in [2.45, 2.75) is 25.1 Å². The lowest BCUT2D eigenvalue weighted by Crippen LogP contribution is -2.12. The molecular weight excluding hydrogens is 229 g/mol. The molecule has 0 unspecified atom stereocenters. The molecular formula is C13H13F3O. The van der Waals surface area contributed by atoms with Crippen molar-refractivity contribution in [2.24, 2.45) is 0 Å². The smallest absolute Gasteiger partial charge is 0.365 e. The molecule has 0 bridgehead atoms. The molecule has 0 radical (unpaired) electrons. The summed E-state index contributed by atoms with van der Waals surface area (Å²) in [6, 6.07) is 5.22. The molecule has 0 N–H and O–H groups in total. The Balaban J connectivity index is 2.31. The number of epoxide rings is 1. The summed E-state index contributed by atoms with van der Waals surface area (Å²) in [5.41, 5.74) is 0.0397. The van der Waals surface area contributed by atoms with Gasteiger partial charge in [0.25, 0.3) is 0 Å². The van der Waals surface area contributed by atoms with Crippen LogP contribution >= 0.6 is 0 Å². The number of halogens is 3. The molecule has 1 nitrogen and oxygen atoms in total. The van der Waals surface area contributed by atoms with E-state index in [0.717, 1.165) is 18.6 Å². The number of rotatable bonds is 3. The van der Waals surface area contributed by atoms with E-state index >= 15 is 0 Å². The average Bonchev–Trinajstić information content (AvgIpc) is 3.08. The molecule has 1 aliphatic rings. The predicted molar refractivity (Wildman–Crippen MR) is 59.5 cm³/mol. The number of hydrogen-bond donors (Lipinski definition) is 0. The first-order valence-corrected chi connectivity index (χ1v) is 5.40. The minimum Gasteiger partial charge on any atom is -0.365 e. The van der Waals surface area contributed by atoms with Gasteiger partial charge in [-0.05, 0) is 29.7 Å². The van der Waals surface area contributed by atoms with Gasteiger partial charge in [-0.3, -0.25) is 0 Å². The monoisotopic (exact) mass is 242 g/mol. The maximum atomic E-state index is 12.6. The second-order valence-corrected chi connectivity index (χ2v) is 4.19. The van der Waals surface area contributed by atoms with Crippen LogP contribution in [0.25, 0.3) is 5.57 Å². The highest BCUT2D eigenvalue weighted by Gasteiger charge is 2.46. The van der Waals surface area contributed by atoms with E-state index in [9.17, 15) is 13.2 Å². The Morgan fingerprint density at radius 2 is 2.12 bits per heavy atom. The summed E-state index contributed by atoms with van der Waals surface area (Å²) in [5, 5.41) is 0. The molecule has 1 aromatic carbocycles. The molecule has 0 spiro atoms. The summed E-state index contributed by atoms with van der Waals surface area (Å²) in [6.07, 6.45) is -3.60. The maximum absolute atomic E-state index is 12.6. The fourth-order valence-corrected chi connectivity index (χ4v) is 1.83. The summed E-state index contributed by atoms with van der Waals surface area (Å²) in [6.45, 7) is 6.34. The number of hydrogen-bond acceptors (Lipinski definition) is 1. The summed E-state index contributed by atoms with van der Waals surface area (Å²) in [4.78, 5) is 0. The average molecular weight is 242 g/mol. The van der Waals surface area contributed by atoms with E-state index in [1.807, 2.05) is 6.92 Å². The molecule has 2 rings (SSSR count). The molecule has 0 saturated carbocycles. The van der Waals surface area contributed by atoms with Gasteiger partial charge in [-0.15, -0.1) is 0 Å². The maximum Gasteiger partial charge on any atom is 0.416 e. The van der Waals surface area contributed by atoms with Gasteiger partial charge in [-0.1, -0.05) is 25.6 Å². The van der Waals surface area contributed by atoms with Gasteiger partial charge in [0.2, 0.25) is 0 Å². The molecule has 17 heavy (non-hydrogen) atoms. The van der Waals surface area contributed by atoms with Gasteiger partial charge in [-0.2, -0.15) is 13.2 Å². The molecule has 1 atom stereocenters. The highest BCUT2D eigenvalue weighted by atomic mass is 19.4. The topological polar surface area (TPSA) is 12.5 Å². The standard InChI is InChI=1S/C13H13F3O/c1-3-12(8-17-12)9(2)10-5-4-6-11(7-10)13(14,15)16/h4-7H,2-3,8H2,1H3/t12-/m0/s1. The minimum atomic E-state index is -4.32. The van der Waals surface area contributed by atoms with Crippen LogP contribution in [0.2, 0.25) is 0 Å². The summed E-state index contributed by atoms with van der Waals surface area (Å²) in [5.74, 6) is 0. The summed E-state index contributed by atoms with van der Waals surface area (Å²) in [7, 11) is 0. The minimum absolute atomic E-state index is 0.440. The van der Waals surface area contributed by atoms with Crippen molar-refractivity contribution in [3.63, 3.8) is 0 Å². The van der Waals surface area contributed by atoms with Crippen molar-refractivity contribution in [1.29, 1.82) is 0 Å². The second-order valence-electron chi connectivity index (χ2n) is 4.19. The van der Waals surface area contributed by atoms with Gasteiger partial charge in [-0.25, -0.2) is 0 Å². The van der Waals surface area contributed by atoms with E-state index in [4.69, 9.17) is 4.74 Å². The summed E-state index contributed by atoms with van der Waals surface area (Å²) < 4.78 is 43.0. The van der Waals surface area contributed by atoms with Crippen molar-refractivity contribution in [2.75, 3.05) is 6.61 Å². The lowest BCUT2D eigenvalue weighted by Gasteiger charge is -2.15. The molecule has 1 aromatic rings. The van der Waals surface area contributed by atoms with Gasteiger partial charge in [0, 0.05) is 0 Å². The van der Waals surface area contributed by atoms with Crippen LogP contribution in [0.4, 0.5) is 13.2 Å². The second kappa shape index (κ2) is 3.88. The first kappa shape index (κ1) is 12.2. The first-order chi connectivity index (χ1) is 7.89. The molecule has 1 fully saturated rings. The molecule has 0 aliphatic carbocycles. The largest absolute Gasteiger partial charge is 0.416 e. The van der Waals surface area contributed by atoms with Crippen molar-refractivity contribution < 1.29 is 17.9 Å². The predicted octanol–water partition coefficient (Wildman–Crippen LogP) is 3.90. The van der Waals surface area contributed by atoms with Gasteiger partial charge < -0.3 is 4.74 Å². The van der Waals surface area contributed by atoms with Crippen LogP contribution in [0.3, 0.4) is 0 Å². The summed E-state index contributed by atoms with van der Waals surface area (Å²) >= 11 is 0. The number of benzene rings is 1. The lowest BCUT2D eigenvalue weighted by atomic mass is 9.91. The molecule has 4 heteroatoms. The Labute approximate surface area is 97.9 Å². The molecule has 1 heterocycles. The third-order valence-electron chi connectivity index (χ3n) is 3.15. The van der Waals surface area contributed by atoms with E-state index in [2.05, 4.69) is 6.58 Å². The van der Waals surface area contributed by atoms with E-state index in [1.165, 1.54) is 6.07 Å². The zero-order valence-corrected chi connectivity index (χ0v) is 9.47. The molecule has 0 amide bonds. The Morgan fingerprint density at radius 3 is 2.59 bits per heavy atom. The SMILES string of the molecule is C=C(c1cccc(C(F)(F)F)c1)[C@]1(CC)CO1. The third-order valence-corrected chi connectivity index (χ3v) is 3.15. The van der Waals surface area contributed by atoms with Crippen LogP contribution in [-0.4, -0.2) is 12.2 Å². The van der Waals surface area contributed by atoms with E-state index in [0.29, 0.717) is 17.7 Å². The number of alkyl halides is 3. The molecule has 92 valence electrons. The van der Waals surface area contributed by atoms with Crippen molar-refractivity contribution in [3.8, 4) is 0 Å². The zero-order valence-electron chi connectivity index (χ0n) is 9.47. The highest BCUT2D eigenvalue weighted by Crippen LogP contribution is 2.43. The van der Waals surface area contributed by atoms with Crippen LogP contribution in [0.5, 0.6) is 0 Å². The van der Waals surface area contributed by atoms with Crippen molar-refractivity contribution in [1.82, 2.24) is 0 Å². The Kier molecular flexibility index (Phi) is 2.78.